The highest BCUT2D eigenvalue weighted by molar-refractivity contribution is 5.75. The van der Waals surface area contributed by atoms with Gasteiger partial charge in [-0.2, -0.15) is 0 Å². The first-order valence-corrected chi connectivity index (χ1v) is 12.1. The van der Waals surface area contributed by atoms with Crippen molar-refractivity contribution < 1.29 is 14.4 Å². The Morgan fingerprint density at radius 1 is 0.643 bits per heavy atom. The van der Waals surface area contributed by atoms with Gasteiger partial charge in [0.2, 0.25) is 5.91 Å². The Bertz CT molecular complexity index is 340. The predicted molar refractivity (Wildman–Crippen MR) is 121 cm³/mol. The molecule has 0 aromatic heterocycles. The van der Waals surface area contributed by atoms with Gasteiger partial charge in [0, 0.05) is 26.0 Å². The Hall–Kier alpha value is -0.610. The Morgan fingerprint density at radius 3 is 1.43 bits per heavy atom. The lowest BCUT2D eigenvalue weighted by Gasteiger charge is -2.23. The third-order valence-corrected chi connectivity index (χ3v) is 5.39. The second kappa shape index (κ2) is 19.7. The second-order valence-corrected chi connectivity index (χ2v) is 9.49. The summed E-state index contributed by atoms with van der Waals surface area (Å²) in [5.74, 6) is 0.231. The Balaban J connectivity index is 3.16. The number of carbonyl (C=O) groups excluding carboxylic acids is 1. The second-order valence-electron chi connectivity index (χ2n) is 9.49. The fourth-order valence-electron chi connectivity index (χ4n) is 3.57. The van der Waals surface area contributed by atoms with E-state index in [1.54, 1.807) is 0 Å². The van der Waals surface area contributed by atoms with E-state index in [4.69, 9.17) is 5.11 Å². The number of nitrogens with one attached hydrogen (secondary N) is 1. The van der Waals surface area contributed by atoms with E-state index in [9.17, 15) is 4.79 Å². The zero-order valence-corrected chi connectivity index (χ0v) is 19.4. The molecule has 1 amide bonds. The van der Waals surface area contributed by atoms with Crippen molar-refractivity contribution in [3.05, 3.63) is 0 Å². The summed E-state index contributed by atoms with van der Waals surface area (Å²) < 4.78 is 0.960. The maximum Gasteiger partial charge on any atom is 0.219 e. The largest absolute Gasteiger partial charge is 0.396 e. The molecule has 0 saturated carbocycles. The van der Waals surface area contributed by atoms with Crippen LogP contribution >= 0.6 is 0 Å². The van der Waals surface area contributed by atoms with E-state index in [0.717, 1.165) is 36.8 Å². The normalized spacial score (nSPS) is 11.7. The molecule has 0 aliphatic rings. The topological polar surface area (TPSA) is 49.3 Å². The number of quaternary nitrogens is 1. The van der Waals surface area contributed by atoms with Crippen LogP contribution in [-0.2, 0) is 4.79 Å². The van der Waals surface area contributed by atoms with Gasteiger partial charge in [-0.05, 0) is 12.8 Å². The smallest absolute Gasteiger partial charge is 0.219 e. The van der Waals surface area contributed by atoms with Crippen molar-refractivity contribution in [3.63, 3.8) is 0 Å². The van der Waals surface area contributed by atoms with Crippen LogP contribution in [-0.4, -0.2) is 56.3 Å². The molecule has 0 heterocycles. The molecule has 0 unspecified atom stereocenters. The lowest BCUT2D eigenvalue weighted by molar-refractivity contribution is -0.870. The van der Waals surface area contributed by atoms with Gasteiger partial charge in [0.1, 0.15) is 0 Å². The molecule has 4 heteroatoms. The zero-order valence-electron chi connectivity index (χ0n) is 19.4. The lowest BCUT2D eigenvalue weighted by atomic mass is 10.0. The molecule has 28 heavy (non-hydrogen) atoms. The maximum atomic E-state index is 11.8. The fraction of sp³-hybridized carbons (Fsp3) is 0.958. The molecular weight excluding hydrogens is 348 g/mol. The van der Waals surface area contributed by atoms with Gasteiger partial charge in [0.05, 0.1) is 27.7 Å². The van der Waals surface area contributed by atoms with Crippen LogP contribution in [0.4, 0.5) is 0 Å². The molecule has 0 atom stereocenters. The first kappa shape index (κ1) is 27.4. The number of nitrogens with zero attached hydrogens (tertiary/aromatic N) is 1. The standard InChI is InChI=1S/C24H50N2O2/c1-26(2,3)22-19-21-25-24(28)20-17-15-13-11-9-7-5-4-6-8-10-12-14-16-18-23-27/h27H,4-23H2,1-3H3/p+1. The number of hydrogen-bond donors (Lipinski definition) is 2. The third-order valence-electron chi connectivity index (χ3n) is 5.39. The van der Waals surface area contributed by atoms with Crippen LogP contribution in [0.2, 0.25) is 0 Å². The number of amides is 1. The first-order chi connectivity index (χ1) is 13.5. The molecule has 0 saturated heterocycles. The quantitative estimate of drug-likeness (QED) is 0.200. The van der Waals surface area contributed by atoms with Crippen molar-refractivity contribution in [2.75, 3.05) is 40.8 Å². The summed E-state index contributed by atoms with van der Waals surface area (Å²) in [7, 11) is 6.56. The van der Waals surface area contributed by atoms with Crippen LogP contribution < -0.4 is 5.32 Å². The minimum absolute atomic E-state index is 0.231. The number of aliphatic hydroxyl groups is 1. The Kier molecular flexibility index (Phi) is 19.3. The summed E-state index contributed by atoms with van der Waals surface area (Å²) in [6.07, 6.45) is 21.1. The highest BCUT2D eigenvalue weighted by Crippen LogP contribution is 2.13. The van der Waals surface area contributed by atoms with Crippen molar-refractivity contribution in [1.82, 2.24) is 5.32 Å². The molecule has 0 rings (SSSR count). The average Bonchev–Trinajstić information content (AvgIpc) is 2.64. The Morgan fingerprint density at radius 2 is 1.04 bits per heavy atom. The summed E-state index contributed by atoms with van der Waals surface area (Å²) in [5.41, 5.74) is 0. The van der Waals surface area contributed by atoms with E-state index in [1.165, 1.54) is 83.5 Å². The van der Waals surface area contributed by atoms with Gasteiger partial charge in [-0.15, -0.1) is 0 Å². The van der Waals surface area contributed by atoms with Crippen LogP contribution in [0.25, 0.3) is 0 Å². The van der Waals surface area contributed by atoms with Crippen LogP contribution in [0, 0.1) is 0 Å². The maximum absolute atomic E-state index is 11.8. The number of carbonyl (C=O) groups is 1. The van der Waals surface area contributed by atoms with Crippen LogP contribution in [0.1, 0.15) is 109 Å². The zero-order chi connectivity index (χ0) is 20.9. The molecule has 4 nitrogen and oxygen atoms in total. The molecule has 0 fully saturated rings. The summed E-state index contributed by atoms with van der Waals surface area (Å²) in [6, 6.07) is 0. The van der Waals surface area contributed by atoms with Crippen molar-refractivity contribution in [2.45, 2.75) is 109 Å². The monoisotopic (exact) mass is 399 g/mol. The van der Waals surface area contributed by atoms with Gasteiger partial charge in [-0.3, -0.25) is 4.79 Å². The van der Waals surface area contributed by atoms with Gasteiger partial charge >= 0.3 is 0 Å². The number of hydrogen-bond acceptors (Lipinski definition) is 2. The molecule has 0 radical (unpaired) electrons. The van der Waals surface area contributed by atoms with Crippen molar-refractivity contribution in [3.8, 4) is 0 Å². The van der Waals surface area contributed by atoms with E-state index in [2.05, 4.69) is 26.5 Å². The SMILES string of the molecule is C[N+](C)(C)CCCNC(=O)CCCCCCCCCCCCCCCCCO. The highest BCUT2D eigenvalue weighted by atomic mass is 16.2. The molecule has 0 aromatic carbocycles. The van der Waals surface area contributed by atoms with Crippen molar-refractivity contribution >= 4 is 5.91 Å². The van der Waals surface area contributed by atoms with Gasteiger partial charge < -0.3 is 14.9 Å². The molecule has 0 aromatic rings. The number of rotatable bonds is 21. The molecule has 168 valence electrons. The molecular formula is C24H51N2O2+. The summed E-state index contributed by atoms with van der Waals surface area (Å²) >= 11 is 0. The lowest BCUT2D eigenvalue weighted by Crippen LogP contribution is -2.37. The van der Waals surface area contributed by atoms with Crippen molar-refractivity contribution in [1.29, 1.82) is 0 Å². The molecule has 2 N–H and O–H groups in total. The van der Waals surface area contributed by atoms with Gasteiger partial charge in [0.25, 0.3) is 0 Å². The van der Waals surface area contributed by atoms with Gasteiger partial charge in [-0.25, -0.2) is 0 Å². The predicted octanol–water partition coefficient (Wildman–Crippen LogP) is 5.43. The van der Waals surface area contributed by atoms with E-state index < -0.39 is 0 Å². The van der Waals surface area contributed by atoms with Gasteiger partial charge in [0.15, 0.2) is 0 Å². The van der Waals surface area contributed by atoms with E-state index in [0.29, 0.717) is 13.0 Å². The third kappa shape index (κ3) is 23.4. The van der Waals surface area contributed by atoms with Crippen LogP contribution in [0.5, 0.6) is 0 Å². The summed E-state index contributed by atoms with van der Waals surface area (Å²) in [4.78, 5) is 11.8. The highest BCUT2D eigenvalue weighted by Gasteiger charge is 2.06. The number of unbranched alkanes of at least 4 members (excludes halogenated alkanes) is 14. The summed E-state index contributed by atoms with van der Waals surface area (Å²) in [5, 5.41) is 11.8. The van der Waals surface area contributed by atoms with E-state index in [1.807, 2.05) is 0 Å². The van der Waals surface area contributed by atoms with E-state index in [-0.39, 0.29) is 5.91 Å². The van der Waals surface area contributed by atoms with Crippen LogP contribution in [0.3, 0.4) is 0 Å². The first-order valence-electron chi connectivity index (χ1n) is 12.1. The van der Waals surface area contributed by atoms with Crippen LogP contribution in [0.15, 0.2) is 0 Å². The minimum atomic E-state index is 0.231. The molecule has 0 aliphatic heterocycles. The molecule has 0 aliphatic carbocycles. The average molecular weight is 400 g/mol. The molecule has 0 bridgehead atoms. The summed E-state index contributed by atoms with van der Waals surface area (Å²) in [6.45, 7) is 2.27. The fourth-order valence-corrected chi connectivity index (χ4v) is 3.57. The molecule has 0 spiro atoms. The Labute approximate surface area is 176 Å². The van der Waals surface area contributed by atoms with E-state index >= 15 is 0 Å². The number of aliphatic hydroxyl groups excluding tert-OH is 1. The van der Waals surface area contributed by atoms with Gasteiger partial charge in [-0.1, -0.05) is 83.5 Å². The van der Waals surface area contributed by atoms with Crippen molar-refractivity contribution in [2.24, 2.45) is 0 Å². The minimum Gasteiger partial charge on any atom is -0.396 e.